The lowest BCUT2D eigenvalue weighted by Gasteiger charge is -2.32. The van der Waals surface area contributed by atoms with Crippen LogP contribution in [0.3, 0.4) is 0 Å². The topological polar surface area (TPSA) is 78.7 Å². The Bertz CT molecular complexity index is 722. The number of sulfonamides is 1. The van der Waals surface area contributed by atoms with Crippen LogP contribution in [0.1, 0.15) is 25.3 Å². The average Bonchev–Trinajstić information content (AvgIpc) is 2.98. The lowest BCUT2D eigenvalue weighted by molar-refractivity contribution is -0.0494. The van der Waals surface area contributed by atoms with Gasteiger partial charge in [0, 0.05) is 45.1 Å². The number of nitrogens with one attached hydrogen (secondary N) is 2. The van der Waals surface area contributed by atoms with Crippen LogP contribution in [-0.2, 0) is 23.6 Å². The molecule has 0 saturated carbocycles. The van der Waals surface area contributed by atoms with E-state index in [9.17, 15) is 21.6 Å². The highest BCUT2D eigenvalue weighted by Crippen LogP contribution is 2.28. The zero-order valence-electron chi connectivity index (χ0n) is 14.8. The van der Waals surface area contributed by atoms with Crippen molar-refractivity contribution >= 4 is 16.0 Å². The molecule has 11 heteroatoms. The van der Waals surface area contributed by atoms with Crippen molar-refractivity contribution in [3.05, 3.63) is 24.0 Å². The van der Waals surface area contributed by atoms with Crippen LogP contribution in [0.2, 0.25) is 0 Å². The second-order valence-electron chi connectivity index (χ2n) is 6.15. The maximum Gasteiger partial charge on any atom is 0.511 e. The molecule has 1 aliphatic heterocycles. The molecular formula is C15H24F3N5O2S. The molecule has 1 fully saturated rings. The van der Waals surface area contributed by atoms with Gasteiger partial charge >= 0.3 is 15.5 Å². The van der Waals surface area contributed by atoms with Crippen LogP contribution < -0.4 is 10.6 Å². The van der Waals surface area contributed by atoms with Crippen molar-refractivity contribution in [2.75, 3.05) is 19.6 Å². The summed E-state index contributed by atoms with van der Waals surface area (Å²) in [5, 5.41) is 6.27. The number of aryl methyl sites for hydroxylation is 1. The molecule has 7 nitrogen and oxygen atoms in total. The Morgan fingerprint density at radius 3 is 2.50 bits per heavy atom. The van der Waals surface area contributed by atoms with Crippen LogP contribution in [-0.4, -0.2) is 54.4 Å². The van der Waals surface area contributed by atoms with Gasteiger partial charge < -0.3 is 15.2 Å². The summed E-state index contributed by atoms with van der Waals surface area (Å²) in [5.74, 6) is 0.563. The van der Waals surface area contributed by atoms with Gasteiger partial charge in [-0.15, -0.1) is 0 Å². The summed E-state index contributed by atoms with van der Waals surface area (Å²) in [4.78, 5) is 4.47. The predicted molar refractivity (Wildman–Crippen MR) is 92.9 cm³/mol. The molecule has 0 aliphatic carbocycles. The van der Waals surface area contributed by atoms with E-state index in [2.05, 4.69) is 15.6 Å². The number of hydrogen-bond donors (Lipinski definition) is 2. The first kappa shape index (κ1) is 20.6. The van der Waals surface area contributed by atoms with E-state index >= 15 is 0 Å². The van der Waals surface area contributed by atoms with Crippen LogP contribution in [0, 0.1) is 0 Å². The average molecular weight is 395 g/mol. The van der Waals surface area contributed by atoms with Crippen molar-refractivity contribution in [1.82, 2.24) is 19.5 Å². The quantitative estimate of drug-likeness (QED) is 0.584. The van der Waals surface area contributed by atoms with Gasteiger partial charge in [0.15, 0.2) is 5.96 Å². The van der Waals surface area contributed by atoms with Gasteiger partial charge in [-0.1, -0.05) is 0 Å². The van der Waals surface area contributed by atoms with Gasteiger partial charge in [-0.25, -0.2) is 13.4 Å². The summed E-state index contributed by atoms with van der Waals surface area (Å²) in [5.41, 5.74) is -4.21. The van der Waals surface area contributed by atoms with E-state index in [1.807, 2.05) is 37.0 Å². The number of hydrogen-bond acceptors (Lipinski definition) is 3. The molecule has 2 rings (SSSR count). The molecule has 1 aromatic heterocycles. The Morgan fingerprint density at radius 1 is 1.35 bits per heavy atom. The number of halogens is 3. The minimum atomic E-state index is -5.25. The molecule has 0 spiro atoms. The third kappa shape index (κ3) is 5.13. The first-order valence-corrected chi connectivity index (χ1v) is 9.79. The van der Waals surface area contributed by atoms with Gasteiger partial charge in [0.2, 0.25) is 0 Å². The molecular weight excluding hydrogens is 371 g/mol. The Morgan fingerprint density at radius 2 is 2.00 bits per heavy atom. The van der Waals surface area contributed by atoms with Crippen molar-refractivity contribution in [3.63, 3.8) is 0 Å². The number of aliphatic imine (C=N–C) groups is 1. The third-order valence-electron chi connectivity index (χ3n) is 4.08. The lowest BCUT2D eigenvalue weighted by Crippen LogP contribution is -2.51. The maximum atomic E-state index is 12.6. The number of piperidine rings is 1. The lowest BCUT2D eigenvalue weighted by atomic mass is 10.1. The van der Waals surface area contributed by atoms with Crippen LogP contribution in [0.15, 0.2) is 23.5 Å². The summed E-state index contributed by atoms with van der Waals surface area (Å²) in [7, 11) is -3.33. The second kappa shape index (κ2) is 8.30. The SMILES string of the molecule is CCNC(=NCc1ccn(C)c1)NC1CCN(S(=O)(=O)C(F)(F)F)CC1. The Balaban J connectivity index is 1.93. The van der Waals surface area contributed by atoms with E-state index in [-0.39, 0.29) is 32.0 Å². The third-order valence-corrected chi connectivity index (χ3v) is 5.71. The molecule has 0 amide bonds. The fourth-order valence-corrected chi connectivity index (χ4v) is 3.71. The number of aromatic nitrogens is 1. The second-order valence-corrected chi connectivity index (χ2v) is 8.08. The molecule has 0 atom stereocenters. The molecule has 1 aromatic rings. The van der Waals surface area contributed by atoms with Gasteiger partial charge in [-0.05, 0) is 31.4 Å². The van der Waals surface area contributed by atoms with Crippen LogP contribution in [0.4, 0.5) is 13.2 Å². The number of guanidine groups is 1. The highest BCUT2D eigenvalue weighted by atomic mass is 32.2. The number of nitrogens with zero attached hydrogens (tertiary/aromatic N) is 3. The van der Waals surface area contributed by atoms with Crippen molar-refractivity contribution in [1.29, 1.82) is 0 Å². The van der Waals surface area contributed by atoms with Gasteiger partial charge in [0.1, 0.15) is 0 Å². The van der Waals surface area contributed by atoms with Gasteiger partial charge in [0.25, 0.3) is 0 Å². The zero-order chi connectivity index (χ0) is 19.4. The zero-order valence-corrected chi connectivity index (χ0v) is 15.6. The highest BCUT2D eigenvalue weighted by molar-refractivity contribution is 7.90. The van der Waals surface area contributed by atoms with Crippen molar-refractivity contribution in [2.24, 2.45) is 12.0 Å². The number of alkyl halides is 3. The molecule has 26 heavy (non-hydrogen) atoms. The standard InChI is InChI=1S/C15H24F3N5O2S/c1-3-19-14(20-10-12-4-7-22(2)11-12)21-13-5-8-23(9-6-13)26(24,25)15(16,17)18/h4,7,11,13H,3,5-6,8-10H2,1-2H3,(H2,19,20,21). The summed E-state index contributed by atoms with van der Waals surface area (Å²) in [6.45, 7) is 2.69. The van der Waals surface area contributed by atoms with Crippen molar-refractivity contribution in [3.8, 4) is 0 Å². The van der Waals surface area contributed by atoms with E-state index in [0.717, 1.165) is 5.56 Å². The van der Waals surface area contributed by atoms with E-state index in [1.165, 1.54) is 0 Å². The molecule has 1 aliphatic rings. The summed E-state index contributed by atoms with van der Waals surface area (Å²) >= 11 is 0. The predicted octanol–water partition coefficient (Wildman–Crippen LogP) is 1.39. The normalized spacial score (nSPS) is 18.1. The smallest absolute Gasteiger partial charge is 0.357 e. The van der Waals surface area contributed by atoms with E-state index < -0.39 is 15.5 Å². The molecule has 148 valence electrons. The van der Waals surface area contributed by atoms with Crippen molar-refractivity contribution < 1.29 is 21.6 Å². The molecule has 2 heterocycles. The van der Waals surface area contributed by atoms with Crippen LogP contribution >= 0.6 is 0 Å². The maximum absolute atomic E-state index is 12.6. The number of rotatable bonds is 5. The first-order chi connectivity index (χ1) is 12.1. The van der Waals surface area contributed by atoms with Gasteiger partial charge in [0.05, 0.1) is 6.54 Å². The molecule has 0 bridgehead atoms. The van der Waals surface area contributed by atoms with E-state index in [4.69, 9.17) is 0 Å². The van der Waals surface area contributed by atoms with Gasteiger partial charge in [-0.2, -0.15) is 17.5 Å². The molecule has 0 aromatic carbocycles. The molecule has 1 saturated heterocycles. The summed E-state index contributed by atoms with van der Waals surface area (Å²) in [6, 6.07) is 1.82. The molecule has 2 N–H and O–H groups in total. The Labute approximate surface area is 151 Å². The fraction of sp³-hybridized carbons (Fsp3) is 0.667. The Kier molecular flexibility index (Phi) is 6.56. The van der Waals surface area contributed by atoms with Crippen LogP contribution in [0.5, 0.6) is 0 Å². The van der Waals surface area contributed by atoms with E-state index in [0.29, 0.717) is 23.4 Å². The highest BCUT2D eigenvalue weighted by Gasteiger charge is 2.50. The Hall–Kier alpha value is -1.75. The minimum Gasteiger partial charge on any atom is -0.357 e. The molecule has 0 unspecified atom stereocenters. The first-order valence-electron chi connectivity index (χ1n) is 8.35. The minimum absolute atomic E-state index is 0.136. The van der Waals surface area contributed by atoms with Crippen molar-refractivity contribution in [2.45, 2.75) is 37.9 Å². The fourth-order valence-electron chi connectivity index (χ4n) is 2.73. The van der Waals surface area contributed by atoms with Gasteiger partial charge in [-0.3, -0.25) is 0 Å². The summed E-state index contributed by atoms with van der Waals surface area (Å²) < 4.78 is 63.1. The molecule has 0 radical (unpaired) electrons. The monoisotopic (exact) mass is 395 g/mol. The van der Waals surface area contributed by atoms with Crippen LogP contribution in [0.25, 0.3) is 0 Å². The van der Waals surface area contributed by atoms with E-state index in [1.54, 1.807) is 0 Å². The largest absolute Gasteiger partial charge is 0.511 e. The summed E-state index contributed by atoms with van der Waals surface area (Å²) in [6.07, 6.45) is 4.44.